The van der Waals surface area contributed by atoms with Crippen LogP contribution in [0, 0.1) is 16.7 Å². The molecule has 2 aliphatic carbocycles. The van der Waals surface area contributed by atoms with E-state index in [1.165, 1.54) is 14.2 Å². The minimum atomic E-state index is -1.13. The predicted molar refractivity (Wildman–Crippen MR) is 65.2 cm³/mol. The second-order valence-corrected chi connectivity index (χ2v) is 6.65. The number of hydrogen-bond acceptors (Lipinski definition) is 5. The maximum atomic E-state index is 12.2. The molecule has 0 aromatic rings. The zero-order valence-electron chi connectivity index (χ0n) is 11.8. The van der Waals surface area contributed by atoms with E-state index in [0.29, 0.717) is 12.8 Å². The third-order valence-corrected chi connectivity index (χ3v) is 5.36. The Kier molecular flexibility index (Phi) is 2.38. The molecule has 3 aliphatic rings. The second kappa shape index (κ2) is 3.51. The fraction of sp³-hybridized carbons (Fsp3) is 0.857. The van der Waals surface area contributed by atoms with Crippen molar-refractivity contribution >= 4 is 11.9 Å². The Bertz CT molecular complexity index is 439. The molecule has 1 saturated heterocycles. The van der Waals surface area contributed by atoms with Gasteiger partial charge in [-0.3, -0.25) is 9.59 Å². The van der Waals surface area contributed by atoms with Gasteiger partial charge in [0.15, 0.2) is 5.41 Å². The number of carbonyl (C=O) groups excluding carboxylic acids is 2. The molecule has 0 radical (unpaired) electrons. The lowest BCUT2D eigenvalue weighted by atomic mass is 9.81. The summed E-state index contributed by atoms with van der Waals surface area (Å²) >= 11 is 0. The van der Waals surface area contributed by atoms with Gasteiger partial charge in [0.05, 0.1) is 25.9 Å². The first-order valence-corrected chi connectivity index (χ1v) is 6.67. The zero-order chi connectivity index (χ0) is 14.1. The summed E-state index contributed by atoms with van der Waals surface area (Å²) < 4.78 is 15.7. The topological polar surface area (TPSA) is 61.8 Å². The van der Waals surface area contributed by atoms with Gasteiger partial charge < -0.3 is 14.2 Å². The molecule has 3 fully saturated rings. The van der Waals surface area contributed by atoms with Gasteiger partial charge in [-0.1, -0.05) is 0 Å². The summed E-state index contributed by atoms with van der Waals surface area (Å²) in [6, 6.07) is 0. The third-order valence-electron chi connectivity index (χ3n) is 5.36. The number of methoxy groups -OCH3 is 2. The number of carbonyl (C=O) groups is 2. The first kappa shape index (κ1) is 12.9. The van der Waals surface area contributed by atoms with Crippen molar-refractivity contribution in [2.75, 3.05) is 14.2 Å². The van der Waals surface area contributed by atoms with E-state index in [-0.39, 0.29) is 23.0 Å². The highest BCUT2D eigenvalue weighted by Gasteiger charge is 2.79. The minimum Gasteiger partial charge on any atom is -0.468 e. The van der Waals surface area contributed by atoms with Gasteiger partial charge in [0.25, 0.3) is 0 Å². The summed E-state index contributed by atoms with van der Waals surface area (Å²) in [6.45, 7) is 4.08. The Balaban J connectivity index is 1.99. The van der Waals surface area contributed by atoms with Crippen LogP contribution in [-0.2, 0) is 23.8 Å². The SMILES string of the molecule is COC(=O)C1(C(=O)OC)C[C@H]2C(C)(C)O[C@@H]3C[C@@]32C1. The van der Waals surface area contributed by atoms with Crippen LogP contribution in [0.3, 0.4) is 0 Å². The second-order valence-electron chi connectivity index (χ2n) is 6.65. The average Bonchev–Trinajstić information content (AvgIpc) is 2.80. The van der Waals surface area contributed by atoms with E-state index in [1.54, 1.807) is 0 Å². The van der Waals surface area contributed by atoms with Crippen LogP contribution in [0.5, 0.6) is 0 Å². The number of ether oxygens (including phenoxy) is 3. The average molecular weight is 268 g/mol. The lowest BCUT2D eigenvalue weighted by Crippen LogP contribution is -2.41. The Morgan fingerprint density at radius 1 is 1.11 bits per heavy atom. The minimum absolute atomic E-state index is 0.0219. The fourth-order valence-corrected chi connectivity index (χ4v) is 4.48. The highest BCUT2D eigenvalue weighted by Crippen LogP contribution is 2.75. The predicted octanol–water partition coefficient (Wildman–Crippen LogP) is 1.30. The molecular formula is C14H20O5. The zero-order valence-corrected chi connectivity index (χ0v) is 11.8. The Morgan fingerprint density at radius 2 is 1.68 bits per heavy atom. The van der Waals surface area contributed by atoms with Crippen LogP contribution in [0.25, 0.3) is 0 Å². The molecule has 0 bridgehead atoms. The summed E-state index contributed by atoms with van der Waals surface area (Å²) in [5, 5.41) is 0. The summed E-state index contributed by atoms with van der Waals surface area (Å²) in [7, 11) is 2.65. The third kappa shape index (κ3) is 1.39. The highest BCUT2D eigenvalue weighted by molar-refractivity contribution is 6.00. The van der Waals surface area contributed by atoms with Crippen LogP contribution in [0.1, 0.15) is 33.1 Å². The van der Waals surface area contributed by atoms with E-state index < -0.39 is 17.4 Å². The molecule has 2 saturated carbocycles. The van der Waals surface area contributed by atoms with Gasteiger partial charge in [0, 0.05) is 5.41 Å². The van der Waals surface area contributed by atoms with Gasteiger partial charge in [-0.15, -0.1) is 0 Å². The van der Waals surface area contributed by atoms with Crippen molar-refractivity contribution < 1.29 is 23.8 Å². The van der Waals surface area contributed by atoms with E-state index in [9.17, 15) is 9.59 Å². The van der Waals surface area contributed by atoms with Gasteiger partial charge in [-0.25, -0.2) is 0 Å². The van der Waals surface area contributed by atoms with Crippen LogP contribution in [-0.4, -0.2) is 37.9 Å². The van der Waals surface area contributed by atoms with Crippen molar-refractivity contribution in [3.05, 3.63) is 0 Å². The number of rotatable bonds is 2. The van der Waals surface area contributed by atoms with Crippen molar-refractivity contribution in [1.82, 2.24) is 0 Å². The first-order chi connectivity index (χ1) is 8.82. The maximum Gasteiger partial charge on any atom is 0.323 e. The lowest BCUT2D eigenvalue weighted by molar-refractivity contribution is -0.170. The number of hydrogen-bond donors (Lipinski definition) is 0. The summed E-state index contributed by atoms with van der Waals surface area (Å²) in [6.07, 6.45) is 2.09. The van der Waals surface area contributed by atoms with Crippen LogP contribution < -0.4 is 0 Å². The van der Waals surface area contributed by atoms with Crippen molar-refractivity contribution in [3.8, 4) is 0 Å². The molecule has 0 aromatic carbocycles. The smallest absolute Gasteiger partial charge is 0.323 e. The monoisotopic (exact) mass is 268 g/mol. The molecule has 1 heterocycles. The van der Waals surface area contributed by atoms with E-state index in [0.717, 1.165) is 6.42 Å². The van der Waals surface area contributed by atoms with E-state index >= 15 is 0 Å². The molecular weight excluding hydrogens is 248 g/mol. The van der Waals surface area contributed by atoms with Crippen LogP contribution in [0.2, 0.25) is 0 Å². The van der Waals surface area contributed by atoms with Gasteiger partial charge in [-0.2, -0.15) is 0 Å². The number of esters is 2. The molecule has 1 aliphatic heterocycles. The van der Waals surface area contributed by atoms with Crippen LogP contribution >= 0.6 is 0 Å². The quantitative estimate of drug-likeness (QED) is 0.558. The summed E-state index contributed by atoms with van der Waals surface area (Å²) in [5.41, 5.74) is -1.44. The Morgan fingerprint density at radius 3 is 2.16 bits per heavy atom. The molecule has 5 nitrogen and oxygen atoms in total. The molecule has 5 heteroatoms. The summed E-state index contributed by atoms with van der Waals surface area (Å²) in [5.74, 6) is -0.725. The Hall–Kier alpha value is -1.10. The van der Waals surface area contributed by atoms with Crippen molar-refractivity contribution in [1.29, 1.82) is 0 Å². The molecule has 0 unspecified atom stereocenters. The molecule has 0 N–H and O–H groups in total. The van der Waals surface area contributed by atoms with E-state index in [1.807, 2.05) is 13.8 Å². The molecule has 19 heavy (non-hydrogen) atoms. The highest BCUT2D eigenvalue weighted by atomic mass is 16.5. The van der Waals surface area contributed by atoms with Gasteiger partial charge >= 0.3 is 11.9 Å². The molecule has 1 spiro atoms. The first-order valence-electron chi connectivity index (χ1n) is 6.67. The molecule has 3 rings (SSSR count). The Labute approximate surface area is 112 Å². The normalized spacial score (nSPS) is 40.2. The standard InChI is InChI=1S/C14H20O5/c1-12(2)8-5-14(10(15)17-3,11(16)18-4)7-13(8)6-9(13)19-12/h8-9H,5-7H2,1-4H3/t8-,9+,13-/m0/s1. The summed E-state index contributed by atoms with van der Waals surface area (Å²) in [4.78, 5) is 24.4. The van der Waals surface area contributed by atoms with Crippen molar-refractivity contribution in [2.45, 2.75) is 44.8 Å². The van der Waals surface area contributed by atoms with E-state index in [2.05, 4.69) is 0 Å². The van der Waals surface area contributed by atoms with Gasteiger partial charge in [-0.05, 0) is 39.0 Å². The van der Waals surface area contributed by atoms with Gasteiger partial charge in [0.1, 0.15) is 0 Å². The molecule has 0 amide bonds. The fourth-order valence-electron chi connectivity index (χ4n) is 4.48. The largest absolute Gasteiger partial charge is 0.468 e. The molecule has 3 atom stereocenters. The van der Waals surface area contributed by atoms with E-state index in [4.69, 9.17) is 14.2 Å². The van der Waals surface area contributed by atoms with Gasteiger partial charge in [0.2, 0.25) is 0 Å². The van der Waals surface area contributed by atoms with Crippen molar-refractivity contribution in [3.63, 3.8) is 0 Å². The maximum absolute atomic E-state index is 12.2. The van der Waals surface area contributed by atoms with Crippen LogP contribution in [0.15, 0.2) is 0 Å². The molecule has 106 valence electrons. The lowest BCUT2D eigenvalue weighted by Gasteiger charge is -2.30. The van der Waals surface area contributed by atoms with Crippen LogP contribution in [0.4, 0.5) is 0 Å². The molecule has 0 aromatic heterocycles. The van der Waals surface area contributed by atoms with Crippen molar-refractivity contribution in [2.24, 2.45) is 16.7 Å².